The van der Waals surface area contributed by atoms with E-state index in [-0.39, 0.29) is 0 Å². The van der Waals surface area contributed by atoms with Crippen LogP contribution in [0.1, 0.15) is 30.5 Å². The minimum absolute atomic E-state index is 1.20. The lowest BCUT2D eigenvalue weighted by Crippen LogP contribution is -2.68. The number of hydrogen-bond donors (Lipinski definition) is 0. The van der Waals surface area contributed by atoms with Gasteiger partial charge in [-0.2, -0.15) is 0 Å². The van der Waals surface area contributed by atoms with Crippen LogP contribution in [0.25, 0.3) is 12.2 Å². The zero-order valence-electron chi connectivity index (χ0n) is 14.7. The van der Waals surface area contributed by atoms with Gasteiger partial charge in [-0.15, -0.1) is 10.2 Å². The number of nitrogens with zero attached hydrogens (tertiary/aromatic N) is 2. The predicted molar refractivity (Wildman–Crippen MR) is 89.1 cm³/mol. The van der Waals surface area contributed by atoms with Crippen molar-refractivity contribution in [3.63, 3.8) is 0 Å². The van der Waals surface area contributed by atoms with Gasteiger partial charge in [-0.3, -0.25) is 0 Å². The molecule has 0 bridgehead atoms. The molecule has 140 valence electrons. The average molecular weight is 379 g/mol. The van der Waals surface area contributed by atoms with Gasteiger partial charge in [0.1, 0.15) is 7.05 Å². The second kappa shape index (κ2) is 9.66. The van der Waals surface area contributed by atoms with Crippen LogP contribution in [-0.4, -0.2) is 13.1 Å². The van der Waals surface area contributed by atoms with Gasteiger partial charge in [-0.05, 0) is 49.1 Å². The second-order valence-electron chi connectivity index (χ2n) is 6.09. The number of pyridine rings is 1. The number of hydrogen-bond acceptors (Lipinski definition) is 5. The van der Waals surface area contributed by atoms with Gasteiger partial charge in [0.15, 0.2) is 6.20 Å². The Labute approximate surface area is 156 Å². The molecular formula is C19H23ClN2O4. The van der Waals surface area contributed by atoms with Crippen LogP contribution in [0, 0.1) is 10.2 Å². The molecule has 2 heterocycles. The summed E-state index contributed by atoms with van der Waals surface area (Å²) in [6.07, 6.45) is 10.4. The van der Waals surface area contributed by atoms with E-state index in [1.165, 1.54) is 49.3 Å². The number of anilines is 1. The Kier molecular flexibility index (Phi) is 7.56. The molecular weight excluding hydrogens is 356 g/mol. The molecule has 1 aromatic carbocycles. The smallest absolute Gasteiger partial charge is 0.204 e. The van der Waals surface area contributed by atoms with Crippen molar-refractivity contribution in [3.8, 4) is 0 Å². The number of rotatable bonds is 3. The van der Waals surface area contributed by atoms with Gasteiger partial charge >= 0.3 is 0 Å². The molecule has 6 nitrogen and oxygen atoms in total. The standard InChI is InChI=1S/C19H23N2.ClHO4/c1-20-14-6-3-7-18(20)11-8-17-9-12-19(13-10-17)21-15-4-2-5-16-21;2-1(3,4)5/h3,6-14H,2,4-5,15-16H2,1H3;(H,2,3,4,5)/q+1;/p-1. The summed E-state index contributed by atoms with van der Waals surface area (Å²) in [4.78, 5) is 2.49. The minimum atomic E-state index is -4.94. The third-order valence-electron chi connectivity index (χ3n) is 4.16. The van der Waals surface area contributed by atoms with Gasteiger partial charge in [-0.25, -0.2) is 23.2 Å². The van der Waals surface area contributed by atoms with Gasteiger partial charge in [-0.1, -0.05) is 12.1 Å². The maximum atomic E-state index is 8.49. The first-order valence-electron chi connectivity index (χ1n) is 8.42. The summed E-state index contributed by atoms with van der Waals surface area (Å²) >= 11 is 0. The van der Waals surface area contributed by atoms with Gasteiger partial charge < -0.3 is 4.90 Å². The number of benzene rings is 1. The molecule has 0 radical (unpaired) electrons. The first-order valence-corrected chi connectivity index (χ1v) is 9.66. The topological polar surface area (TPSA) is 99.4 Å². The van der Waals surface area contributed by atoms with Crippen molar-refractivity contribution in [2.75, 3.05) is 18.0 Å². The predicted octanol–water partition coefficient (Wildman–Crippen LogP) is -1.08. The summed E-state index contributed by atoms with van der Waals surface area (Å²) in [6, 6.07) is 15.2. The molecule has 1 saturated heterocycles. The Morgan fingerprint density at radius 3 is 2.08 bits per heavy atom. The first kappa shape index (κ1) is 20.4. The Balaban J connectivity index is 0.000000431. The van der Waals surface area contributed by atoms with Crippen molar-refractivity contribution in [2.24, 2.45) is 7.05 Å². The van der Waals surface area contributed by atoms with Crippen LogP contribution in [0.2, 0.25) is 0 Å². The van der Waals surface area contributed by atoms with Crippen LogP contribution in [0.5, 0.6) is 0 Å². The maximum absolute atomic E-state index is 8.49. The lowest BCUT2D eigenvalue weighted by atomic mass is 10.1. The molecule has 1 aromatic heterocycles. The summed E-state index contributed by atoms with van der Waals surface area (Å²) in [5.74, 6) is 0. The summed E-state index contributed by atoms with van der Waals surface area (Å²) < 4.78 is 36.1. The minimum Gasteiger partial charge on any atom is -0.372 e. The van der Waals surface area contributed by atoms with E-state index in [1.54, 1.807) is 0 Å². The zero-order chi connectivity index (χ0) is 19.0. The van der Waals surface area contributed by atoms with Crippen molar-refractivity contribution >= 4 is 17.8 Å². The molecule has 2 aromatic rings. The first-order chi connectivity index (χ1) is 12.3. The summed E-state index contributed by atoms with van der Waals surface area (Å²) in [7, 11) is -2.88. The van der Waals surface area contributed by atoms with Crippen molar-refractivity contribution in [3.05, 3.63) is 59.9 Å². The normalized spacial score (nSPS) is 14.9. The van der Waals surface area contributed by atoms with Crippen LogP contribution in [-0.2, 0) is 7.05 Å². The molecule has 0 saturated carbocycles. The fraction of sp³-hybridized carbons (Fsp3) is 0.316. The molecule has 0 atom stereocenters. The lowest BCUT2D eigenvalue weighted by molar-refractivity contribution is -2.00. The van der Waals surface area contributed by atoms with Crippen molar-refractivity contribution < 1.29 is 33.4 Å². The summed E-state index contributed by atoms with van der Waals surface area (Å²) in [6.45, 7) is 2.41. The third-order valence-corrected chi connectivity index (χ3v) is 4.16. The lowest BCUT2D eigenvalue weighted by Gasteiger charge is -2.28. The number of halogens is 1. The van der Waals surface area contributed by atoms with Crippen LogP contribution in [0.15, 0.2) is 48.7 Å². The summed E-state index contributed by atoms with van der Waals surface area (Å²) in [5.41, 5.74) is 3.81. The van der Waals surface area contributed by atoms with Crippen molar-refractivity contribution in [2.45, 2.75) is 19.3 Å². The SMILES string of the molecule is C[n+]1ccccc1/C=C/c1ccc(N2CCCCC2)cc1.[O-][Cl+3]([O-])([O-])[O-]. The molecule has 3 rings (SSSR count). The fourth-order valence-corrected chi connectivity index (χ4v) is 2.84. The molecule has 7 heteroatoms. The van der Waals surface area contributed by atoms with E-state index >= 15 is 0 Å². The molecule has 0 N–H and O–H groups in total. The Hall–Kier alpha value is -1.96. The summed E-state index contributed by atoms with van der Waals surface area (Å²) in [5, 5.41) is 0. The van der Waals surface area contributed by atoms with E-state index in [0.717, 1.165) is 0 Å². The highest BCUT2D eigenvalue weighted by Gasteiger charge is 2.10. The van der Waals surface area contributed by atoms with Gasteiger partial charge in [0.25, 0.3) is 0 Å². The highest BCUT2D eigenvalue weighted by atomic mass is 35.7. The van der Waals surface area contributed by atoms with Crippen molar-refractivity contribution in [1.82, 2.24) is 0 Å². The molecule has 0 spiro atoms. The van der Waals surface area contributed by atoms with E-state index in [4.69, 9.17) is 18.6 Å². The van der Waals surface area contributed by atoms with E-state index in [1.807, 2.05) is 6.07 Å². The van der Waals surface area contributed by atoms with E-state index in [0.29, 0.717) is 0 Å². The zero-order valence-corrected chi connectivity index (χ0v) is 15.5. The van der Waals surface area contributed by atoms with Gasteiger partial charge in [0.05, 0.1) is 0 Å². The van der Waals surface area contributed by atoms with Crippen LogP contribution in [0.3, 0.4) is 0 Å². The monoisotopic (exact) mass is 378 g/mol. The molecule has 0 aliphatic carbocycles. The molecule has 1 fully saturated rings. The average Bonchev–Trinajstić information content (AvgIpc) is 2.61. The van der Waals surface area contributed by atoms with Gasteiger partial charge in [0, 0.05) is 37.0 Å². The molecule has 0 unspecified atom stereocenters. The highest BCUT2D eigenvalue weighted by Crippen LogP contribution is 2.20. The van der Waals surface area contributed by atoms with E-state index in [9.17, 15) is 0 Å². The van der Waals surface area contributed by atoms with E-state index < -0.39 is 10.2 Å². The Morgan fingerprint density at radius 1 is 0.885 bits per heavy atom. The molecule has 0 amide bonds. The third kappa shape index (κ3) is 7.51. The Morgan fingerprint density at radius 2 is 1.50 bits per heavy atom. The Bertz CT molecular complexity index is 702. The van der Waals surface area contributed by atoms with Crippen LogP contribution in [0.4, 0.5) is 5.69 Å². The van der Waals surface area contributed by atoms with Crippen molar-refractivity contribution in [1.29, 1.82) is 0 Å². The van der Waals surface area contributed by atoms with Crippen LogP contribution >= 0.6 is 0 Å². The van der Waals surface area contributed by atoms with E-state index in [2.05, 4.69) is 71.3 Å². The number of piperidine rings is 1. The number of aryl methyl sites for hydroxylation is 1. The highest BCUT2D eigenvalue weighted by molar-refractivity contribution is 5.68. The quantitative estimate of drug-likeness (QED) is 0.632. The molecule has 26 heavy (non-hydrogen) atoms. The van der Waals surface area contributed by atoms with Gasteiger partial charge in [0.2, 0.25) is 5.69 Å². The van der Waals surface area contributed by atoms with Crippen LogP contribution < -0.4 is 28.1 Å². The maximum Gasteiger partial charge on any atom is 0.204 e. The molecule has 1 aliphatic rings. The fourth-order valence-electron chi connectivity index (χ4n) is 2.84. The second-order valence-corrected chi connectivity index (χ2v) is 6.84. The number of aromatic nitrogens is 1. The largest absolute Gasteiger partial charge is 0.372 e. The molecule has 1 aliphatic heterocycles.